The van der Waals surface area contributed by atoms with E-state index in [1.54, 1.807) is 0 Å². The van der Waals surface area contributed by atoms with Crippen molar-refractivity contribution in [1.82, 2.24) is 4.90 Å². The van der Waals surface area contributed by atoms with Crippen molar-refractivity contribution in [3.05, 3.63) is 50.4 Å². The fourth-order valence-corrected chi connectivity index (χ4v) is 2.25. The van der Waals surface area contributed by atoms with Gasteiger partial charge in [0.1, 0.15) is 17.8 Å². The van der Waals surface area contributed by atoms with Gasteiger partial charge in [-0.15, -0.1) is 0 Å². The van der Waals surface area contributed by atoms with Crippen molar-refractivity contribution >= 4 is 22.6 Å². The number of hydrogen-bond donors (Lipinski definition) is 0. The molecule has 0 spiro atoms. The Morgan fingerprint density at radius 2 is 1.96 bits per heavy atom. The van der Waals surface area contributed by atoms with Crippen LogP contribution in [-0.2, 0) is 4.74 Å². The van der Waals surface area contributed by atoms with E-state index in [2.05, 4.69) is 4.90 Å². The number of carbonyl (C=O) groups excluding carboxylic acids is 1. The van der Waals surface area contributed by atoms with Gasteiger partial charge in [0.15, 0.2) is 0 Å². The Labute approximate surface area is 149 Å². The molecule has 0 saturated carbocycles. The highest BCUT2D eigenvalue weighted by molar-refractivity contribution is 5.93. The van der Waals surface area contributed by atoms with Gasteiger partial charge in [0, 0.05) is 24.1 Å². The molecule has 9 heteroatoms. The Hall–Kier alpha value is -2.45. The fraction of sp³-hybridized carbons (Fsp3) is 0.375. The highest BCUT2D eigenvalue weighted by Crippen LogP contribution is 2.20. The van der Waals surface area contributed by atoms with Crippen molar-refractivity contribution in [2.24, 2.45) is 0 Å². The first-order valence-corrected chi connectivity index (χ1v) is 7.58. The number of carbonyl (C=O) groups is 1. The summed E-state index contributed by atoms with van der Waals surface area (Å²) >= 11 is 0. The Bertz CT molecular complexity index is 816. The molecule has 1 aromatic heterocycles. The Kier molecular flexibility index (Phi) is 7.53. The molecule has 2 aromatic rings. The molecule has 0 saturated heterocycles. The molecule has 0 aliphatic heterocycles. The summed E-state index contributed by atoms with van der Waals surface area (Å²) in [6.45, 7) is 6.36. The van der Waals surface area contributed by atoms with E-state index in [0.29, 0.717) is 11.9 Å². The van der Waals surface area contributed by atoms with Crippen molar-refractivity contribution in [1.29, 1.82) is 0 Å². The molecule has 0 aliphatic carbocycles. The SMILES string of the molecule is CCN(CC)CCOC(=O)c1cc2cc([N+](=O)[O-])ccc2oc1=O.[Cl-]. The summed E-state index contributed by atoms with van der Waals surface area (Å²) in [4.78, 5) is 36.3. The predicted octanol–water partition coefficient (Wildman–Crippen LogP) is -0.796. The van der Waals surface area contributed by atoms with Crippen LogP contribution in [0.3, 0.4) is 0 Å². The van der Waals surface area contributed by atoms with E-state index in [1.807, 2.05) is 13.8 Å². The number of non-ortho nitro benzene ring substituents is 1. The lowest BCUT2D eigenvalue weighted by Crippen LogP contribution is -3.00. The number of benzene rings is 1. The first kappa shape index (κ1) is 20.6. The number of rotatable bonds is 7. The first-order valence-electron chi connectivity index (χ1n) is 7.58. The molecule has 0 bridgehead atoms. The van der Waals surface area contributed by atoms with Crippen LogP contribution in [0, 0.1) is 10.1 Å². The van der Waals surface area contributed by atoms with Gasteiger partial charge < -0.3 is 26.5 Å². The number of nitro benzene ring substituents is 1. The maximum atomic E-state index is 12.1. The van der Waals surface area contributed by atoms with E-state index < -0.39 is 16.5 Å². The number of ether oxygens (including phenoxy) is 1. The molecule has 0 amide bonds. The summed E-state index contributed by atoms with van der Waals surface area (Å²) in [7, 11) is 0. The van der Waals surface area contributed by atoms with E-state index >= 15 is 0 Å². The lowest BCUT2D eigenvalue weighted by atomic mass is 10.1. The number of halogens is 1. The Balaban J connectivity index is 0.00000312. The van der Waals surface area contributed by atoms with Crippen LogP contribution in [0.1, 0.15) is 24.2 Å². The monoisotopic (exact) mass is 369 g/mol. The number of nitrogens with zero attached hydrogens (tertiary/aromatic N) is 2. The lowest BCUT2D eigenvalue weighted by molar-refractivity contribution is -0.384. The molecule has 0 aliphatic rings. The van der Waals surface area contributed by atoms with Crippen LogP contribution in [-0.4, -0.2) is 42.0 Å². The minimum absolute atomic E-state index is 0. The van der Waals surface area contributed by atoms with Gasteiger partial charge in [0.2, 0.25) is 0 Å². The topological polar surface area (TPSA) is 103 Å². The van der Waals surface area contributed by atoms with Crippen molar-refractivity contribution in [3.63, 3.8) is 0 Å². The van der Waals surface area contributed by atoms with Gasteiger partial charge in [-0.25, -0.2) is 9.59 Å². The normalized spacial score (nSPS) is 10.5. The van der Waals surface area contributed by atoms with Gasteiger partial charge in [0.05, 0.1) is 4.92 Å². The van der Waals surface area contributed by atoms with Crippen molar-refractivity contribution < 1.29 is 31.3 Å². The largest absolute Gasteiger partial charge is 1.00 e. The third-order valence-electron chi connectivity index (χ3n) is 3.68. The van der Waals surface area contributed by atoms with Gasteiger partial charge in [-0.05, 0) is 25.2 Å². The Morgan fingerprint density at radius 3 is 2.56 bits per heavy atom. The molecular formula is C16H18ClN2O6-. The number of esters is 1. The third kappa shape index (κ3) is 5.01. The molecule has 0 N–H and O–H groups in total. The van der Waals surface area contributed by atoms with E-state index in [1.165, 1.54) is 24.3 Å². The molecular weight excluding hydrogens is 352 g/mol. The van der Waals surface area contributed by atoms with Crippen LogP contribution >= 0.6 is 0 Å². The molecule has 0 unspecified atom stereocenters. The zero-order chi connectivity index (χ0) is 17.7. The average molecular weight is 370 g/mol. The Morgan fingerprint density at radius 1 is 1.28 bits per heavy atom. The second kappa shape index (κ2) is 9.14. The smallest absolute Gasteiger partial charge is 0.351 e. The van der Waals surface area contributed by atoms with Gasteiger partial charge in [-0.1, -0.05) is 13.8 Å². The van der Waals surface area contributed by atoms with Crippen LogP contribution in [0.4, 0.5) is 5.69 Å². The highest BCUT2D eigenvalue weighted by Gasteiger charge is 2.17. The number of nitro groups is 1. The van der Waals surface area contributed by atoms with Crippen molar-refractivity contribution in [3.8, 4) is 0 Å². The predicted molar refractivity (Wildman–Crippen MR) is 87.2 cm³/mol. The molecule has 2 rings (SSSR count). The molecule has 1 heterocycles. The summed E-state index contributed by atoms with van der Waals surface area (Å²) < 4.78 is 10.1. The lowest BCUT2D eigenvalue weighted by Gasteiger charge is -2.17. The van der Waals surface area contributed by atoms with E-state index in [4.69, 9.17) is 9.15 Å². The van der Waals surface area contributed by atoms with E-state index in [9.17, 15) is 19.7 Å². The molecule has 0 fully saturated rings. The van der Waals surface area contributed by atoms with Crippen molar-refractivity contribution in [2.45, 2.75) is 13.8 Å². The molecule has 8 nitrogen and oxygen atoms in total. The minimum atomic E-state index is -0.829. The maximum absolute atomic E-state index is 12.1. The van der Waals surface area contributed by atoms with E-state index in [-0.39, 0.29) is 35.8 Å². The second-order valence-corrected chi connectivity index (χ2v) is 5.09. The first-order chi connectivity index (χ1) is 11.5. The molecule has 136 valence electrons. The summed E-state index contributed by atoms with van der Waals surface area (Å²) in [5.41, 5.74) is -1.09. The second-order valence-electron chi connectivity index (χ2n) is 5.09. The van der Waals surface area contributed by atoms with Gasteiger partial charge in [-0.3, -0.25) is 10.1 Å². The summed E-state index contributed by atoms with van der Waals surface area (Å²) in [6, 6.07) is 5.05. The maximum Gasteiger partial charge on any atom is 0.351 e. The zero-order valence-corrected chi connectivity index (χ0v) is 14.6. The van der Waals surface area contributed by atoms with Crippen LogP contribution < -0.4 is 18.0 Å². The summed E-state index contributed by atoms with van der Waals surface area (Å²) in [5, 5.41) is 11.1. The minimum Gasteiger partial charge on any atom is -1.00 e. The van der Waals surface area contributed by atoms with Crippen LogP contribution in [0.15, 0.2) is 33.5 Å². The highest BCUT2D eigenvalue weighted by atomic mass is 35.5. The van der Waals surface area contributed by atoms with Crippen LogP contribution in [0.5, 0.6) is 0 Å². The molecule has 0 atom stereocenters. The summed E-state index contributed by atoms with van der Waals surface area (Å²) in [6.07, 6.45) is 0. The van der Waals surface area contributed by atoms with Gasteiger partial charge in [0.25, 0.3) is 5.69 Å². The zero-order valence-electron chi connectivity index (χ0n) is 13.9. The molecule has 0 radical (unpaired) electrons. The summed E-state index contributed by atoms with van der Waals surface area (Å²) in [5.74, 6) is -0.802. The fourth-order valence-electron chi connectivity index (χ4n) is 2.25. The third-order valence-corrected chi connectivity index (χ3v) is 3.68. The molecule has 1 aromatic carbocycles. The van der Waals surface area contributed by atoms with Gasteiger partial charge >= 0.3 is 11.6 Å². The number of likely N-dealkylation sites (N-methyl/N-ethyl adjacent to an activating group) is 1. The number of hydrogen-bond acceptors (Lipinski definition) is 7. The standard InChI is InChI=1S/C16H18N2O6.ClH/c1-3-17(4-2)7-8-23-15(19)13-10-11-9-12(18(21)22)5-6-14(11)24-16(13)20;/h5-6,9-10H,3-4,7-8H2,1-2H3;1H/p-1. The average Bonchev–Trinajstić information content (AvgIpc) is 2.57. The van der Waals surface area contributed by atoms with Gasteiger partial charge in [-0.2, -0.15) is 0 Å². The molecule has 25 heavy (non-hydrogen) atoms. The quantitative estimate of drug-likeness (QED) is 0.272. The van der Waals surface area contributed by atoms with Crippen molar-refractivity contribution in [2.75, 3.05) is 26.2 Å². The van der Waals surface area contributed by atoms with E-state index in [0.717, 1.165) is 13.1 Å². The van der Waals surface area contributed by atoms with Crippen LogP contribution in [0.25, 0.3) is 11.0 Å². The van der Waals surface area contributed by atoms with Crippen LogP contribution in [0.2, 0.25) is 0 Å². The number of fused-ring (bicyclic) bond motifs is 1.